The third-order valence-electron chi connectivity index (χ3n) is 4.61. The van der Waals surface area contributed by atoms with Crippen LogP contribution >= 0.6 is 0 Å². The van der Waals surface area contributed by atoms with Crippen molar-refractivity contribution in [3.63, 3.8) is 0 Å². The van der Waals surface area contributed by atoms with Crippen LogP contribution in [0.25, 0.3) is 22.2 Å². The summed E-state index contributed by atoms with van der Waals surface area (Å²) < 4.78 is 43.5. The van der Waals surface area contributed by atoms with Crippen LogP contribution in [0.15, 0.2) is 66.7 Å². The standard InChI is InChI=1S/C23H18F3N3O2/c1-14(30)27-18-4-2-3-15(11-18)16-5-10-20-21(12-16)29-22(28-20)13-31-19-8-6-17(7-9-19)23(24,25)26/h2-12H,13H2,1H3,(H,27,30)(H,28,29). The minimum absolute atomic E-state index is 0.0907. The number of hydrogen-bond donors (Lipinski definition) is 2. The lowest BCUT2D eigenvalue weighted by Crippen LogP contribution is -2.05. The van der Waals surface area contributed by atoms with Crippen LogP contribution in [0.4, 0.5) is 18.9 Å². The van der Waals surface area contributed by atoms with Crippen molar-refractivity contribution < 1.29 is 22.7 Å². The first-order valence-corrected chi connectivity index (χ1v) is 9.45. The van der Waals surface area contributed by atoms with Crippen molar-refractivity contribution >= 4 is 22.6 Å². The first-order chi connectivity index (χ1) is 14.8. The highest BCUT2D eigenvalue weighted by Gasteiger charge is 2.30. The molecular weight excluding hydrogens is 407 g/mol. The van der Waals surface area contributed by atoms with Crippen molar-refractivity contribution in [1.82, 2.24) is 9.97 Å². The molecule has 31 heavy (non-hydrogen) atoms. The number of fused-ring (bicyclic) bond motifs is 1. The number of halogens is 3. The number of rotatable bonds is 5. The Morgan fingerprint density at radius 2 is 1.77 bits per heavy atom. The zero-order valence-corrected chi connectivity index (χ0v) is 16.5. The minimum Gasteiger partial charge on any atom is -0.486 e. The third-order valence-corrected chi connectivity index (χ3v) is 4.61. The Morgan fingerprint density at radius 3 is 2.48 bits per heavy atom. The van der Waals surface area contributed by atoms with Gasteiger partial charge in [0, 0.05) is 12.6 Å². The molecule has 158 valence electrons. The van der Waals surface area contributed by atoms with Crippen LogP contribution in [0.2, 0.25) is 0 Å². The fourth-order valence-electron chi connectivity index (χ4n) is 3.18. The van der Waals surface area contributed by atoms with Gasteiger partial charge in [-0.2, -0.15) is 13.2 Å². The Hall–Kier alpha value is -3.81. The lowest BCUT2D eigenvalue weighted by Gasteiger charge is -2.08. The summed E-state index contributed by atoms with van der Waals surface area (Å²) in [5.74, 6) is 0.737. The molecule has 0 spiro atoms. The number of ether oxygens (including phenoxy) is 1. The van der Waals surface area contributed by atoms with E-state index in [0.717, 1.165) is 34.3 Å². The molecule has 1 amide bonds. The summed E-state index contributed by atoms with van der Waals surface area (Å²) in [4.78, 5) is 18.9. The average Bonchev–Trinajstić information content (AvgIpc) is 3.14. The first-order valence-electron chi connectivity index (χ1n) is 9.45. The largest absolute Gasteiger partial charge is 0.486 e. The highest BCUT2D eigenvalue weighted by atomic mass is 19.4. The van der Waals surface area contributed by atoms with Crippen LogP contribution in [-0.2, 0) is 17.6 Å². The van der Waals surface area contributed by atoms with Crippen molar-refractivity contribution in [1.29, 1.82) is 0 Å². The van der Waals surface area contributed by atoms with Gasteiger partial charge in [-0.3, -0.25) is 4.79 Å². The summed E-state index contributed by atoms with van der Waals surface area (Å²) in [7, 11) is 0. The first kappa shape index (κ1) is 20.5. The Labute approximate surface area is 175 Å². The Bertz CT molecular complexity index is 1230. The Morgan fingerprint density at radius 1 is 1.03 bits per heavy atom. The number of nitrogens with zero attached hydrogens (tertiary/aromatic N) is 1. The predicted molar refractivity (Wildman–Crippen MR) is 112 cm³/mol. The molecule has 1 heterocycles. The second kappa shape index (κ2) is 8.14. The summed E-state index contributed by atoms with van der Waals surface area (Å²) in [5, 5.41) is 2.76. The van der Waals surface area contributed by atoms with Crippen molar-refractivity contribution in [2.24, 2.45) is 0 Å². The smallest absolute Gasteiger partial charge is 0.416 e. The number of aromatic nitrogens is 2. The van der Waals surface area contributed by atoms with Gasteiger partial charge in [0.2, 0.25) is 5.91 Å². The van der Waals surface area contributed by atoms with Crippen LogP contribution in [0.5, 0.6) is 5.75 Å². The van der Waals surface area contributed by atoms with Crippen molar-refractivity contribution in [2.45, 2.75) is 19.7 Å². The van der Waals surface area contributed by atoms with E-state index >= 15 is 0 Å². The van der Waals surface area contributed by atoms with E-state index in [1.807, 2.05) is 42.5 Å². The second-order valence-corrected chi connectivity index (χ2v) is 6.99. The maximum Gasteiger partial charge on any atom is 0.416 e. The van der Waals surface area contributed by atoms with Gasteiger partial charge < -0.3 is 15.0 Å². The molecule has 0 fully saturated rings. The van der Waals surface area contributed by atoms with E-state index in [9.17, 15) is 18.0 Å². The molecule has 0 saturated heterocycles. The normalized spacial score (nSPS) is 11.5. The van der Waals surface area contributed by atoms with Gasteiger partial charge in [0.1, 0.15) is 18.2 Å². The molecule has 0 aliphatic heterocycles. The quantitative estimate of drug-likeness (QED) is 0.426. The Kier molecular flexibility index (Phi) is 5.37. The molecule has 8 heteroatoms. The number of carbonyl (C=O) groups is 1. The zero-order valence-electron chi connectivity index (χ0n) is 16.5. The van der Waals surface area contributed by atoms with E-state index in [4.69, 9.17) is 4.74 Å². The number of amides is 1. The van der Waals surface area contributed by atoms with Gasteiger partial charge in [0.25, 0.3) is 0 Å². The molecule has 0 radical (unpaired) electrons. The molecular formula is C23H18F3N3O2. The number of H-pyrrole nitrogens is 1. The number of carbonyl (C=O) groups excluding carboxylic acids is 1. The van der Waals surface area contributed by atoms with Gasteiger partial charge in [0.15, 0.2) is 0 Å². The molecule has 5 nitrogen and oxygen atoms in total. The van der Waals surface area contributed by atoms with E-state index in [1.54, 1.807) is 0 Å². The van der Waals surface area contributed by atoms with Crippen molar-refractivity contribution in [2.75, 3.05) is 5.32 Å². The number of benzene rings is 3. The maximum absolute atomic E-state index is 12.6. The Balaban J connectivity index is 1.50. The lowest BCUT2D eigenvalue weighted by molar-refractivity contribution is -0.137. The van der Waals surface area contributed by atoms with Crippen molar-refractivity contribution in [3.05, 3.63) is 78.1 Å². The van der Waals surface area contributed by atoms with E-state index in [2.05, 4.69) is 15.3 Å². The van der Waals surface area contributed by atoms with E-state index < -0.39 is 11.7 Å². The van der Waals surface area contributed by atoms with E-state index in [0.29, 0.717) is 17.3 Å². The zero-order chi connectivity index (χ0) is 22.0. The second-order valence-electron chi connectivity index (χ2n) is 6.99. The lowest BCUT2D eigenvalue weighted by atomic mass is 10.0. The fourth-order valence-corrected chi connectivity index (χ4v) is 3.18. The molecule has 4 rings (SSSR count). The molecule has 2 N–H and O–H groups in total. The van der Waals surface area contributed by atoms with Gasteiger partial charge in [-0.05, 0) is 59.7 Å². The topological polar surface area (TPSA) is 67.0 Å². The highest BCUT2D eigenvalue weighted by molar-refractivity contribution is 5.90. The molecule has 3 aromatic carbocycles. The highest BCUT2D eigenvalue weighted by Crippen LogP contribution is 2.30. The van der Waals surface area contributed by atoms with Gasteiger partial charge in [-0.15, -0.1) is 0 Å². The molecule has 0 unspecified atom stereocenters. The van der Waals surface area contributed by atoms with Gasteiger partial charge >= 0.3 is 6.18 Å². The van der Waals surface area contributed by atoms with Crippen LogP contribution < -0.4 is 10.1 Å². The fraction of sp³-hybridized carbons (Fsp3) is 0.130. The van der Waals surface area contributed by atoms with Gasteiger partial charge in [-0.25, -0.2) is 4.98 Å². The number of aromatic amines is 1. The van der Waals surface area contributed by atoms with Crippen LogP contribution in [0.1, 0.15) is 18.3 Å². The summed E-state index contributed by atoms with van der Waals surface area (Å²) in [6.45, 7) is 1.55. The number of anilines is 1. The molecule has 0 aliphatic carbocycles. The number of hydrogen-bond acceptors (Lipinski definition) is 3. The third kappa shape index (κ3) is 4.85. The molecule has 0 saturated carbocycles. The average molecular weight is 425 g/mol. The molecule has 0 atom stereocenters. The van der Waals surface area contributed by atoms with Gasteiger partial charge in [-0.1, -0.05) is 18.2 Å². The van der Waals surface area contributed by atoms with E-state index in [1.165, 1.54) is 19.1 Å². The predicted octanol–water partition coefficient (Wildman–Crippen LogP) is 5.79. The summed E-state index contributed by atoms with van der Waals surface area (Å²) in [5.41, 5.74) is 3.39. The molecule has 1 aromatic heterocycles. The minimum atomic E-state index is -4.38. The molecule has 0 bridgehead atoms. The maximum atomic E-state index is 12.6. The summed E-state index contributed by atoms with van der Waals surface area (Å²) in [6, 6.07) is 17.8. The van der Waals surface area contributed by atoms with E-state index in [-0.39, 0.29) is 12.5 Å². The number of nitrogens with one attached hydrogen (secondary N) is 2. The SMILES string of the molecule is CC(=O)Nc1cccc(-c2ccc3[nH]c(COc4ccc(C(F)(F)F)cc4)nc3c2)c1. The summed E-state index contributed by atoms with van der Waals surface area (Å²) in [6.07, 6.45) is -4.38. The number of alkyl halides is 3. The number of imidazole rings is 1. The van der Waals surface area contributed by atoms with Crippen LogP contribution in [0, 0.1) is 0 Å². The monoisotopic (exact) mass is 425 g/mol. The summed E-state index contributed by atoms with van der Waals surface area (Å²) >= 11 is 0. The van der Waals surface area contributed by atoms with Crippen molar-refractivity contribution in [3.8, 4) is 16.9 Å². The van der Waals surface area contributed by atoms with Gasteiger partial charge in [0.05, 0.1) is 16.6 Å². The molecule has 4 aromatic rings. The van der Waals surface area contributed by atoms with Crippen LogP contribution in [-0.4, -0.2) is 15.9 Å². The molecule has 0 aliphatic rings. The van der Waals surface area contributed by atoms with Crippen LogP contribution in [0.3, 0.4) is 0 Å².